The molecule has 3 nitrogen and oxygen atoms in total. The zero-order valence-corrected chi connectivity index (χ0v) is 13.0. The van der Waals surface area contributed by atoms with Crippen LogP contribution in [0.1, 0.15) is 16.7 Å². The van der Waals surface area contributed by atoms with Crippen LogP contribution in [0.15, 0.2) is 79.1 Å². The van der Waals surface area contributed by atoms with Crippen molar-refractivity contribution in [3.8, 4) is 0 Å². The fourth-order valence-corrected chi connectivity index (χ4v) is 2.68. The predicted molar refractivity (Wildman–Crippen MR) is 92.9 cm³/mol. The lowest BCUT2D eigenvalue weighted by Crippen LogP contribution is -2.23. The number of anilines is 1. The summed E-state index contributed by atoms with van der Waals surface area (Å²) in [4.78, 5) is 6.40. The third-order valence-electron chi connectivity index (χ3n) is 3.82. The highest BCUT2D eigenvalue weighted by Crippen LogP contribution is 2.24. The number of aliphatic hydroxyl groups is 1. The van der Waals surface area contributed by atoms with Crippen molar-refractivity contribution in [2.75, 3.05) is 4.90 Å². The van der Waals surface area contributed by atoms with Gasteiger partial charge in [0.05, 0.1) is 6.61 Å². The zero-order valence-electron chi connectivity index (χ0n) is 13.0. The number of nitrogens with zero attached hydrogens (tertiary/aromatic N) is 2. The Balaban J connectivity index is 1.92. The van der Waals surface area contributed by atoms with E-state index in [9.17, 15) is 5.11 Å². The van der Waals surface area contributed by atoms with Crippen LogP contribution >= 0.6 is 0 Å². The first-order chi connectivity index (χ1) is 11.4. The molecule has 0 unspecified atom stereocenters. The van der Waals surface area contributed by atoms with Gasteiger partial charge in [0, 0.05) is 36.7 Å². The SMILES string of the molecule is OCc1cnccc1N(Cc1ccccc1)Cc1ccccc1. The molecule has 0 spiro atoms. The smallest absolute Gasteiger partial charge is 0.0717 e. The van der Waals surface area contributed by atoms with E-state index in [1.54, 1.807) is 12.4 Å². The maximum absolute atomic E-state index is 9.63. The fraction of sp³-hybridized carbons (Fsp3) is 0.150. The molecule has 2 aromatic carbocycles. The summed E-state index contributed by atoms with van der Waals surface area (Å²) in [6.07, 6.45) is 3.51. The van der Waals surface area contributed by atoms with Crippen LogP contribution in [0.3, 0.4) is 0 Å². The summed E-state index contributed by atoms with van der Waals surface area (Å²) in [5.74, 6) is 0. The van der Waals surface area contributed by atoms with Crippen LogP contribution in [0.5, 0.6) is 0 Å². The van der Waals surface area contributed by atoms with Gasteiger partial charge in [-0.15, -0.1) is 0 Å². The van der Waals surface area contributed by atoms with Gasteiger partial charge in [-0.1, -0.05) is 60.7 Å². The van der Waals surface area contributed by atoms with E-state index < -0.39 is 0 Å². The lowest BCUT2D eigenvalue weighted by molar-refractivity contribution is 0.281. The number of hydrogen-bond donors (Lipinski definition) is 1. The molecule has 0 amide bonds. The Bertz CT molecular complexity index is 687. The molecule has 1 aromatic heterocycles. The van der Waals surface area contributed by atoms with Crippen LogP contribution in [0.25, 0.3) is 0 Å². The van der Waals surface area contributed by atoms with Crippen molar-refractivity contribution in [1.29, 1.82) is 0 Å². The van der Waals surface area contributed by atoms with Crippen LogP contribution in [0.4, 0.5) is 5.69 Å². The number of aromatic nitrogens is 1. The summed E-state index contributed by atoms with van der Waals surface area (Å²) >= 11 is 0. The second kappa shape index (κ2) is 7.56. The Kier molecular flexibility index (Phi) is 5.02. The van der Waals surface area contributed by atoms with Crippen LogP contribution in [-0.2, 0) is 19.7 Å². The molecule has 0 aliphatic rings. The summed E-state index contributed by atoms with van der Waals surface area (Å²) in [7, 11) is 0. The van der Waals surface area contributed by atoms with E-state index >= 15 is 0 Å². The number of pyridine rings is 1. The van der Waals surface area contributed by atoms with Crippen molar-refractivity contribution >= 4 is 5.69 Å². The van der Waals surface area contributed by atoms with E-state index in [2.05, 4.69) is 58.4 Å². The van der Waals surface area contributed by atoms with E-state index in [-0.39, 0.29) is 6.61 Å². The first-order valence-electron chi connectivity index (χ1n) is 7.73. The largest absolute Gasteiger partial charge is 0.392 e. The van der Waals surface area contributed by atoms with Crippen LogP contribution in [0.2, 0.25) is 0 Å². The lowest BCUT2D eigenvalue weighted by Gasteiger charge is -2.27. The first-order valence-corrected chi connectivity index (χ1v) is 7.73. The molecule has 1 N–H and O–H groups in total. The number of hydrogen-bond acceptors (Lipinski definition) is 3. The second-order valence-electron chi connectivity index (χ2n) is 5.49. The summed E-state index contributed by atoms with van der Waals surface area (Å²) in [5.41, 5.74) is 4.35. The summed E-state index contributed by atoms with van der Waals surface area (Å²) in [6, 6.07) is 22.7. The van der Waals surface area contributed by atoms with Gasteiger partial charge in [-0.25, -0.2) is 0 Å². The highest BCUT2D eigenvalue weighted by Gasteiger charge is 2.12. The molecule has 3 heteroatoms. The van der Waals surface area contributed by atoms with E-state index in [0.29, 0.717) is 0 Å². The average molecular weight is 304 g/mol. The summed E-state index contributed by atoms with van der Waals surface area (Å²) < 4.78 is 0. The van der Waals surface area contributed by atoms with Crippen molar-refractivity contribution in [3.05, 3.63) is 95.8 Å². The van der Waals surface area contributed by atoms with Gasteiger partial charge in [0.25, 0.3) is 0 Å². The maximum Gasteiger partial charge on any atom is 0.0717 e. The predicted octanol–water partition coefficient (Wildman–Crippen LogP) is 3.78. The monoisotopic (exact) mass is 304 g/mol. The maximum atomic E-state index is 9.63. The summed E-state index contributed by atoms with van der Waals surface area (Å²) in [6.45, 7) is 1.56. The van der Waals surface area contributed by atoms with Gasteiger partial charge >= 0.3 is 0 Å². The molecule has 0 saturated carbocycles. The van der Waals surface area contributed by atoms with Crippen molar-refractivity contribution in [1.82, 2.24) is 4.98 Å². The molecule has 0 bridgehead atoms. The number of benzene rings is 2. The normalized spacial score (nSPS) is 10.5. The highest BCUT2D eigenvalue weighted by molar-refractivity contribution is 5.53. The van der Waals surface area contributed by atoms with Gasteiger partial charge in [0.1, 0.15) is 0 Å². The molecule has 0 radical (unpaired) electrons. The van der Waals surface area contributed by atoms with Crippen molar-refractivity contribution in [2.24, 2.45) is 0 Å². The Morgan fingerprint density at radius 3 is 1.87 bits per heavy atom. The lowest BCUT2D eigenvalue weighted by atomic mass is 10.1. The molecule has 1 heterocycles. The number of aliphatic hydroxyl groups excluding tert-OH is 1. The minimum absolute atomic E-state index is 0.0107. The molecule has 0 aliphatic heterocycles. The van der Waals surface area contributed by atoms with Crippen LogP contribution in [0, 0.1) is 0 Å². The third kappa shape index (κ3) is 3.96. The fourth-order valence-electron chi connectivity index (χ4n) is 2.68. The molecule has 0 saturated heterocycles. The van der Waals surface area contributed by atoms with Crippen molar-refractivity contribution in [2.45, 2.75) is 19.7 Å². The van der Waals surface area contributed by atoms with Gasteiger partial charge < -0.3 is 10.0 Å². The standard InChI is InChI=1S/C20H20N2O/c23-16-19-13-21-12-11-20(19)22(14-17-7-3-1-4-8-17)15-18-9-5-2-6-10-18/h1-13,23H,14-16H2. The Labute approximate surface area is 136 Å². The van der Waals surface area contributed by atoms with Crippen LogP contribution < -0.4 is 4.90 Å². The van der Waals surface area contributed by atoms with Crippen molar-refractivity contribution < 1.29 is 5.11 Å². The van der Waals surface area contributed by atoms with E-state index in [1.165, 1.54) is 11.1 Å². The molecular weight excluding hydrogens is 284 g/mol. The molecule has 0 aliphatic carbocycles. The second-order valence-corrected chi connectivity index (χ2v) is 5.49. The highest BCUT2D eigenvalue weighted by atomic mass is 16.3. The minimum Gasteiger partial charge on any atom is -0.392 e. The topological polar surface area (TPSA) is 36.4 Å². The molecule has 3 aromatic rings. The van der Waals surface area contributed by atoms with Crippen LogP contribution in [-0.4, -0.2) is 10.1 Å². The van der Waals surface area contributed by atoms with Gasteiger partial charge in [0.2, 0.25) is 0 Å². The molecule has 3 rings (SSSR count). The zero-order chi connectivity index (χ0) is 15.9. The summed E-state index contributed by atoms with van der Waals surface area (Å²) in [5, 5.41) is 9.63. The Morgan fingerprint density at radius 1 is 0.783 bits per heavy atom. The first kappa shape index (κ1) is 15.3. The van der Waals surface area contributed by atoms with Gasteiger partial charge in [0.15, 0.2) is 0 Å². The molecule has 0 fully saturated rings. The molecule has 23 heavy (non-hydrogen) atoms. The molecule has 0 atom stereocenters. The van der Waals surface area contributed by atoms with E-state index in [4.69, 9.17) is 0 Å². The van der Waals surface area contributed by atoms with E-state index in [1.807, 2.05) is 18.2 Å². The van der Waals surface area contributed by atoms with Gasteiger partial charge in [-0.2, -0.15) is 0 Å². The van der Waals surface area contributed by atoms with Crippen molar-refractivity contribution in [3.63, 3.8) is 0 Å². The quantitative estimate of drug-likeness (QED) is 0.753. The van der Waals surface area contributed by atoms with Gasteiger partial charge in [-0.05, 0) is 17.2 Å². The minimum atomic E-state index is -0.0107. The van der Waals surface area contributed by atoms with E-state index in [0.717, 1.165) is 24.3 Å². The third-order valence-corrected chi connectivity index (χ3v) is 3.82. The molecular formula is C20H20N2O. The molecule has 116 valence electrons. The Hall–Kier alpha value is -2.65. The van der Waals surface area contributed by atoms with Gasteiger partial charge in [-0.3, -0.25) is 4.98 Å². The Morgan fingerprint density at radius 2 is 1.35 bits per heavy atom. The number of rotatable bonds is 6. The average Bonchev–Trinajstić information content (AvgIpc) is 2.63.